The largest absolute Gasteiger partial charge is 0.504 e. The number of fused-ring (bicyclic) bond motifs is 1. The Balaban J connectivity index is 2.49. The highest BCUT2D eigenvalue weighted by Gasteiger charge is 2.34. The predicted molar refractivity (Wildman–Crippen MR) is 93.2 cm³/mol. The molecule has 24 heavy (non-hydrogen) atoms. The number of ether oxygens (including phenoxy) is 1. The fraction of sp³-hybridized carbons (Fsp3) is 0.312. The highest BCUT2D eigenvalue weighted by atomic mass is 32.1. The molecule has 0 atom stereocenters. The first-order valence-corrected chi connectivity index (χ1v) is 8.28. The van der Waals surface area contributed by atoms with Gasteiger partial charge in [0.1, 0.15) is 6.54 Å². The smallest absolute Gasteiger partial charge is 0.325 e. The molecular weight excluding hydrogens is 330 g/mol. The number of amides is 1. The molecule has 2 rings (SSSR count). The number of aliphatic hydroxyl groups is 1. The molecule has 0 aliphatic carbocycles. The minimum atomic E-state index is -0.607. The monoisotopic (exact) mass is 349 g/mol. The van der Waals surface area contributed by atoms with Gasteiger partial charge in [-0.05, 0) is 24.8 Å². The molecule has 2 heterocycles. The maximum absolute atomic E-state index is 12.5. The average molecular weight is 349 g/mol. The van der Waals surface area contributed by atoms with Crippen LogP contribution < -0.4 is 5.32 Å². The van der Waals surface area contributed by atoms with Crippen LogP contribution in [-0.2, 0) is 14.3 Å². The first-order valence-electron chi connectivity index (χ1n) is 7.40. The molecule has 1 aromatic rings. The predicted octanol–water partition coefficient (Wildman–Crippen LogP) is 2.34. The van der Waals surface area contributed by atoms with Crippen molar-refractivity contribution in [3.05, 3.63) is 33.7 Å². The van der Waals surface area contributed by atoms with Crippen LogP contribution in [-0.4, -0.2) is 41.9 Å². The standard InChI is InChI=1S/C16H19N3O4S/c1-4-6-11-10-7-8-24-15(10)14(21)13(19(11)18-5-2)16(22)17-9-12(20)23-3/h5-8,21H,4,9H2,1-3H3,(H,17,22)/b11-6+,18-5-. The summed E-state index contributed by atoms with van der Waals surface area (Å²) >= 11 is 1.33. The van der Waals surface area contributed by atoms with Crippen LogP contribution in [0.1, 0.15) is 30.7 Å². The molecule has 1 amide bonds. The Morgan fingerprint density at radius 1 is 1.50 bits per heavy atom. The van der Waals surface area contributed by atoms with Crippen LogP contribution in [0.15, 0.2) is 28.3 Å². The van der Waals surface area contributed by atoms with Gasteiger partial charge in [0, 0.05) is 11.8 Å². The van der Waals surface area contributed by atoms with E-state index in [4.69, 9.17) is 0 Å². The molecule has 1 aromatic heterocycles. The maximum Gasteiger partial charge on any atom is 0.325 e. The minimum Gasteiger partial charge on any atom is -0.504 e. The molecule has 0 radical (unpaired) electrons. The first kappa shape index (κ1) is 17.7. The van der Waals surface area contributed by atoms with Crippen molar-refractivity contribution in [3.63, 3.8) is 0 Å². The van der Waals surface area contributed by atoms with Gasteiger partial charge >= 0.3 is 5.97 Å². The third-order valence-electron chi connectivity index (χ3n) is 3.28. The third kappa shape index (κ3) is 3.33. The number of esters is 1. The van der Waals surface area contributed by atoms with Crippen molar-refractivity contribution in [2.24, 2.45) is 5.10 Å². The number of hydrogen-bond donors (Lipinski definition) is 2. The highest BCUT2D eigenvalue weighted by Crippen LogP contribution is 2.40. The molecule has 1 aliphatic heterocycles. The van der Waals surface area contributed by atoms with Gasteiger partial charge in [0.05, 0.1) is 17.7 Å². The van der Waals surface area contributed by atoms with Crippen LogP contribution in [0.25, 0.3) is 11.5 Å². The van der Waals surface area contributed by atoms with E-state index in [0.29, 0.717) is 10.6 Å². The number of hydrazone groups is 1. The number of aliphatic hydroxyl groups excluding tert-OH is 1. The van der Waals surface area contributed by atoms with E-state index in [2.05, 4.69) is 15.2 Å². The zero-order chi connectivity index (χ0) is 17.7. The number of allylic oxidation sites excluding steroid dienone is 1. The first-order chi connectivity index (χ1) is 11.5. The van der Waals surface area contributed by atoms with Crippen molar-refractivity contribution in [1.29, 1.82) is 0 Å². The molecule has 0 saturated heterocycles. The second-order valence-electron chi connectivity index (χ2n) is 4.80. The molecular formula is C16H19N3O4S. The van der Waals surface area contributed by atoms with Crippen molar-refractivity contribution in [2.75, 3.05) is 13.7 Å². The number of hydrogen-bond acceptors (Lipinski definition) is 7. The van der Waals surface area contributed by atoms with Gasteiger partial charge in [0.25, 0.3) is 5.91 Å². The van der Waals surface area contributed by atoms with Gasteiger partial charge < -0.3 is 15.2 Å². The summed E-state index contributed by atoms with van der Waals surface area (Å²) < 4.78 is 4.51. The van der Waals surface area contributed by atoms with Crippen LogP contribution in [0.2, 0.25) is 0 Å². The number of carbonyl (C=O) groups excluding carboxylic acids is 2. The topological polar surface area (TPSA) is 91.2 Å². The van der Waals surface area contributed by atoms with E-state index in [1.165, 1.54) is 29.7 Å². The summed E-state index contributed by atoms with van der Waals surface area (Å²) in [6.45, 7) is 3.40. The number of nitrogens with one attached hydrogen (secondary N) is 1. The zero-order valence-corrected chi connectivity index (χ0v) is 14.5. The molecule has 0 saturated carbocycles. The summed E-state index contributed by atoms with van der Waals surface area (Å²) in [5, 5.41) is 20.4. The Morgan fingerprint density at radius 2 is 2.25 bits per heavy atom. The molecule has 0 spiro atoms. The average Bonchev–Trinajstić information content (AvgIpc) is 3.06. The van der Waals surface area contributed by atoms with Gasteiger partial charge in [-0.2, -0.15) is 5.10 Å². The van der Waals surface area contributed by atoms with E-state index in [1.54, 1.807) is 6.92 Å². The number of rotatable bonds is 5. The van der Waals surface area contributed by atoms with Crippen LogP contribution >= 0.6 is 11.3 Å². The normalized spacial score (nSPS) is 15.8. The van der Waals surface area contributed by atoms with Crippen molar-refractivity contribution in [1.82, 2.24) is 10.3 Å². The van der Waals surface area contributed by atoms with Gasteiger partial charge in [-0.15, -0.1) is 11.3 Å². The van der Waals surface area contributed by atoms with Gasteiger partial charge in [0.15, 0.2) is 11.5 Å². The summed E-state index contributed by atoms with van der Waals surface area (Å²) in [4.78, 5) is 24.4. The summed E-state index contributed by atoms with van der Waals surface area (Å²) in [5.41, 5.74) is 1.51. The number of thiophene rings is 1. The molecule has 0 aromatic carbocycles. The number of carbonyl (C=O) groups is 2. The summed E-state index contributed by atoms with van der Waals surface area (Å²) in [6.07, 6.45) is 4.19. The lowest BCUT2D eigenvalue weighted by Crippen LogP contribution is -2.37. The number of methoxy groups -OCH3 is 1. The molecule has 2 N–H and O–H groups in total. The Kier molecular flexibility index (Phi) is 5.75. The molecule has 128 valence electrons. The maximum atomic E-state index is 12.5. The lowest BCUT2D eigenvalue weighted by molar-refractivity contribution is -0.140. The van der Waals surface area contributed by atoms with Crippen molar-refractivity contribution >= 4 is 40.9 Å². The summed E-state index contributed by atoms with van der Waals surface area (Å²) in [6, 6.07) is 1.87. The molecule has 1 aliphatic rings. The van der Waals surface area contributed by atoms with Gasteiger partial charge in [0.2, 0.25) is 0 Å². The number of nitrogens with zero attached hydrogens (tertiary/aromatic N) is 2. The molecule has 0 unspecified atom stereocenters. The van der Waals surface area contributed by atoms with Gasteiger partial charge in [-0.1, -0.05) is 13.0 Å². The van der Waals surface area contributed by atoms with Crippen molar-refractivity contribution in [3.8, 4) is 0 Å². The summed E-state index contributed by atoms with van der Waals surface area (Å²) in [5.74, 6) is -1.35. The quantitative estimate of drug-likeness (QED) is 0.629. The van der Waals surface area contributed by atoms with Gasteiger partial charge in [-0.25, -0.2) is 5.01 Å². The highest BCUT2D eigenvalue weighted by molar-refractivity contribution is 7.11. The van der Waals surface area contributed by atoms with Crippen molar-refractivity contribution in [2.45, 2.75) is 20.3 Å². The molecule has 0 fully saturated rings. The van der Waals surface area contributed by atoms with E-state index < -0.39 is 11.9 Å². The fourth-order valence-corrected chi connectivity index (χ4v) is 3.12. The molecule has 8 heteroatoms. The van der Waals surface area contributed by atoms with Gasteiger partial charge in [-0.3, -0.25) is 9.59 Å². The van der Waals surface area contributed by atoms with E-state index in [1.807, 2.05) is 24.4 Å². The Labute approximate surface area is 143 Å². The van der Waals surface area contributed by atoms with Crippen LogP contribution in [0, 0.1) is 0 Å². The van der Waals surface area contributed by atoms with E-state index in [9.17, 15) is 14.7 Å². The Bertz CT molecular complexity index is 733. The lowest BCUT2D eigenvalue weighted by atomic mass is 10.0. The van der Waals surface area contributed by atoms with E-state index >= 15 is 0 Å². The Hall–Kier alpha value is -2.61. The van der Waals surface area contributed by atoms with Crippen molar-refractivity contribution < 1.29 is 19.4 Å². The fourth-order valence-electron chi connectivity index (χ4n) is 2.27. The van der Waals surface area contributed by atoms with Crippen LogP contribution in [0.4, 0.5) is 0 Å². The van der Waals surface area contributed by atoms with Crippen LogP contribution in [0.3, 0.4) is 0 Å². The van der Waals surface area contributed by atoms with Crippen LogP contribution in [0.5, 0.6) is 0 Å². The SMILES string of the molecule is C/C=N\N1C(C(=O)NCC(=O)OC)=C(O)c2sccc2/C1=C\CC. The Morgan fingerprint density at radius 3 is 2.88 bits per heavy atom. The molecule has 7 nitrogen and oxygen atoms in total. The minimum absolute atomic E-state index is 0.0216. The second-order valence-corrected chi connectivity index (χ2v) is 5.72. The second kappa shape index (κ2) is 7.78. The van der Waals surface area contributed by atoms with E-state index in [0.717, 1.165) is 12.0 Å². The molecule has 0 bridgehead atoms. The zero-order valence-electron chi connectivity index (χ0n) is 13.7. The third-order valence-corrected chi connectivity index (χ3v) is 4.21. The summed E-state index contributed by atoms with van der Waals surface area (Å²) in [7, 11) is 1.24. The lowest BCUT2D eigenvalue weighted by Gasteiger charge is -2.29. The van der Waals surface area contributed by atoms with E-state index in [-0.39, 0.29) is 18.0 Å².